The van der Waals surface area contributed by atoms with Gasteiger partial charge < -0.3 is 15.1 Å². The average molecular weight is 221 g/mol. The molecule has 0 amide bonds. The fraction of sp³-hybridized carbons (Fsp3) is 0.538. The summed E-state index contributed by atoms with van der Waals surface area (Å²) in [4.78, 5) is 2.32. The van der Waals surface area contributed by atoms with Gasteiger partial charge in [-0.2, -0.15) is 0 Å². The van der Waals surface area contributed by atoms with E-state index in [1.54, 1.807) is 0 Å². The third kappa shape index (κ3) is 2.00. The predicted molar refractivity (Wildman–Crippen MR) is 65.1 cm³/mol. The number of aliphatic hydroxyl groups excluding tert-OH is 1. The summed E-state index contributed by atoms with van der Waals surface area (Å²) in [6.07, 6.45) is 2.99. The van der Waals surface area contributed by atoms with E-state index >= 15 is 0 Å². The van der Waals surface area contributed by atoms with E-state index in [2.05, 4.69) is 11.0 Å². The number of phenols is 1. The van der Waals surface area contributed by atoms with Crippen LogP contribution in [0.3, 0.4) is 0 Å². The summed E-state index contributed by atoms with van der Waals surface area (Å²) in [6, 6.07) is 3.98. The van der Waals surface area contributed by atoms with Gasteiger partial charge in [0.05, 0.1) is 0 Å². The molecule has 1 fully saturated rings. The molecule has 2 rings (SSSR count). The van der Waals surface area contributed by atoms with Crippen LogP contribution in [0.4, 0.5) is 5.69 Å². The van der Waals surface area contributed by atoms with Crippen molar-refractivity contribution in [3.63, 3.8) is 0 Å². The molecule has 1 aliphatic heterocycles. The molecular formula is C13H19NO2. The number of benzene rings is 1. The molecule has 1 aromatic rings. The van der Waals surface area contributed by atoms with Crippen LogP contribution >= 0.6 is 0 Å². The number of hydrogen-bond acceptors (Lipinski definition) is 3. The summed E-state index contributed by atoms with van der Waals surface area (Å²) in [5, 5.41) is 18.9. The zero-order chi connectivity index (χ0) is 11.5. The third-order valence-electron chi connectivity index (χ3n) is 3.31. The van der Waals surface area contributed by atoms with E-state index < -0.39 is 0 Å². The Balaban J connectivity index is 2.30. The van der Waals surface area contributed by atoms with E-state index in [0.717, 1.165) is 29.9 Å². The summed E-state index contributed by atoms with van der Waals surface area (Å²) >= 11 is 0. The first-order valence-corrected chi connectivity index (χ1v) is 5.91. The van der Waals surface area contributed by atoms with Gasteiger partial charge in [-0.15, -0.1) is 0 Å². The number of phenolic OH excluding ortho intramolecular Hbond substituents is 1. The highest BCUT2D eigenvalue weighted by molar-refractivity contribution is 5.61. The van der Waals surface area contributed by atoms with Crippen molar-refractivity contribution < 1.29 is 10.2 Å². The minimum Gasteiger partial charge on any atom is -0.507 e. The van der Waals surface area contributed by atoms with Crippen molar-refractivity contribution in [2.24, 2.45) is 0 Å². The van der Waals surface area contributed by atoms with Gasteiger partial charge in [-0.25, -0.2) is 0 Å². The molecule has 0 bridgehead atoms. The van der Waals surface area contributed by atoms with E-state index in [-0.39, 0.29) is 6.61 Å². The molecule has 0 radical (unpaired) electrons. The average Bonchev–Trinajstić information content (AvgIpc) is 2.79. The maximum atomic E-state index is 10.0. The highest BCUT2D eigenvalue weighted by Gasteiger charge is 2.17. The van der Waals surface area contributed by atoms with Crippen molar-refractivity contribution in [3.8, 4) is 5.75 Å². The highest BCUT2D eigenvalue weighted by atomic mass is 16.3. The first kappa shape index (κ1) is 11.3. The van der Waals surface area contributed by atoms with Gasteiger partial charge in [-0.05, 0) is 37.8 Å². The van der Waals surface area contributed by atoms with Crippen LogP contribution in [0.1, 0.15) is 24.0 Å². The van der Waals surface area contributed by atoms with Crippen molar-refractivity contribution in [2.75, 3.05) is 24.6 Å². The lowest BCUT2D eigenvalue weighted by molar-refractivity contribution is 0.297. The zero-order valence-corrected chi connectivity index (χ0v) is 9.74. The Labute approximate surface area is 96.3 Å². The van der Waals surface area contributed by atoms with Gasteiger partial charge in [-0.1, -0.05) is 6.07 Å². The predicted octanol–water partition coefficient (Wildman–Crippen LogP) is 1.84. The van der Waals surface area contributed by atoms with Crippen molar-refractivity contribution >= 4 is 5.69 Å². The second-order valence-corrected chi connectivity index (χ2v) is 4.39. The topological polar surface area (TPSA) is 43.7 Å². The fourth-order valence-electron chi connectivity index (χ4n) is 2.37. The number of rotatable bonds is 3. The molecule has 16 heavy (non-hydrogen) atoms. The van der Waals surface area contributed by atoms with E-state index in [1.807, 2.05) is 13.0 Å². The second kappa shape index (κ2) is 4.74. The van der Waals surface area contributed by atoms with Gasteiger partial charge >= 0.3 is 0 Å². The number of aromatic hydroxyl groups is 1. The van der Waals surface area contributed by atoms with Gasteiger partial charge in [-0.3, -0.25) is 0 Å². The second-order valence-electron chi connectivity index (χ2n) is 4.39. The SMILES string of the molecule is Cc1c(N2CCCC2)ccc(CCO)c1O. The molecule has 0 aliphatic carbocycles. The van der Waals surface area contributed by atoms with Gasteiger partial charge in [0.1, 0.15) is 5.75 Å². The quantitative estimate of drug-likeness (QED) is 0.818. The van der Waals surface area contributed by atoms with Crippen LogP contribution in [0, 0.1) is 6.92 Å². The largest absolute Gasteiger partial charge is 0.507 e. The Kier molecular flexibility index (Phi) is 3.34. The maximum absolute atomic E-state index is 10.0. The first-order valence-electron chi connectivity index (χ1n) is 5.91. The van der Waals surface area contributed by atoms with Crippen LogP contribution in [0.5, 0.6) is 5.75 Å². The molecule has 0 unspecified atom stereocenters. The molecule has 0 spiro atoms. The first-order chi connectivity index (χ1) is 7.74. The fourth-order valence-corrected chi connectivity index (χ4v) is 2.37. The van der Waals surface area contributed by atoms with Crippen LogP contribution in [-0.4, -0.2) is 29.9 Å². The molecule has 0 saturated carbocycles. The number of anilines is 1. The lowest BCUT2D eigenvalue weighted by Gasteiger charge is -2.21. The number of hydrogen-bond donors (Lipinski definition) is 2. The minimum absolute atomic E-state index is 0.0794. The molecule has 1 aromatic carbocycles. The minimum atomic E-state index is 0.0794. The van der Waals surface area contributed by atoms with Crippen LogP contribution in [-0.2, 0) is 6.42 Å². The highest BCUT2D eigenvalue weighted by Crippen LogP contribution is 2.33. The van der Waals surface area contributed by atoms with E-state index in [1.165, 1.54) is 12.8 Å². The van der Waals surface area contributed by atoms with Gasteiger partial charge in [0.15, 0.2) is 0 Å². The van der Waals surface area contributed by atoms with E-state index in [9.17, 15) is 5.11 Å². The van der Waals surface area contributed by atoms with Crippen LogP contribution in [0.2, 0.25) is 0 Å². The number of aliphatic hydroxyl groups is 1. The molecule has 1 saturated heterocycles. The van der Waals surface area contributed by atoms with Gasteiger partial charge in [0, 0.05) is 30.9 Å². The monoisotopic (exact) mass is 221 g/mol. The summed E-state index contributed by atoms with van der Waals surface area (Å²) in [7, 11) is 0. The standard InChI is InChI=1S/C13H19NO2/c1-10-12(14-7-2-3-8-14)5-4-11(6-9-15)13(10)16/h4-5,15-16H,2-3,6-9H2,1H3. The molecule has 0 atom stereocenters. The van der Waals surface area contributed by atoms with E-state index in [4.69, 9.17) is 5.11 Å². The Bertz CT molecular complexity index is 370. The maximum Gasteiger partial charge on any atom is 0.123 e. The Morgan fingerprint density at radius 1 is 1.25 bits per heavy atom. The van der Waals surface area contributed by atoms with Crippen molar-refractivity contribution in [3.05, 3.63) is 23.3 Å². The smallest absolute Gasteiger partial charge is 0.123 e. The van der Waals surface area contributed by atoms with Crippen molar-refractivity contribution in [2.45, 2.75) is 26.2 Å². The molecule has 88 valence electrons. The Morgan fingerprint density at radius 3 is 2.56 bits per heavy atom. The lowest BCUT2D eigenvalue weighted by atomic mass is 10.0. The van der Waals surface area contributed by atoms with Crippen LogP contribution in [0.25, 0.3) is 0 Å². The third-order valence-corrected chi connectivity index (χ3v) is 3.31. The van der Waals surface area contributed by atoms with Crippen LogP contribution < -0.4 is 4.90 Å². The van der Waals surface area contributed by atoms with Crippen molar-refractivity contribution in [1.29, 1.82) is 0 Å². The molecule has 1 heterocycles. The van der Waals surface area contributed by atoms with Gasteiger partial charge in [0.25, 0.3) is 0 Å². The molecule has 3 nitrogen and oxygen atoms in total. The van der Waals surface area contributed by atoms with E-state index in [0.29, 0.717) is 12.2 Å². The molecule has 1 aliphatic rings. The zero-order valence-electron chi connectivity index (χ0n) is 9.74. The summed E-state index contributed by atoms with van der Waals surface area (Å²) in [6.45, 7) is 4.19. The molecule has 3 heteroatoms. The molecular weight excluding hydrogens is 202 g/mol. The Morgan fingerprint density at radius 2 is 1.94 bits per heavy atom. The normalized spacial score (nSPS) is 15.8. The Hall–Kier alpha value is -1.22. The van der Waals surface area contributed by atoms with Gasteiger partial charge in [0.2, 0.25) is 0 Å². The molecule has 0 aromatic heterocycles. The molecule has 2 N–H and O–H groups in total. The summed E-state index contributed by atoms with van der Waals surface area (Å²) in [5.41, 5.74) is 2.91. The number of nitrogens with zero attached hydrogens (tertiary/aromatic N) is 1. The lowest BCUT2D eigenvalue weighted by Crippen LogP contribution is -2.18. The van der Waals surface area contributed by atoms with Crippen molar-refractivity contribution in [1.82, 2.24) is 0 Å². The summed E-state index contributed by atoms with van der Waals surface area (Å²) in [5.74, 6) is 0.346. The summed E-state index contributed by atoms with van der Waals surface area (Å²) < 4.78 is 0. The van der Waals surface area contributed by atoms with Crippen LogP contribution in [0.15, 0.2) is 12.1 Å².